The molecule has 4 heteroatoms. The van der Waals surface area contributed by atoms with Crippen LogP contribution in [0.25, 0.3) is 0 Å². The van der Waals surface area contributed by atoms with Gasteiger partial charge in [-0.3, -0.25) is 0 Å². The summed E-state index contributed by atoms with van der Waals surface area (Å²) in [6, 6.07) is 0. The molecule has 1 atom stereocenters. The summed E-state index contributed by atoms with van der Waals surface area (Å²) in [5.41, 5.74) is 0. The lowest BCUT2D eigenvalue weighted by Crippen LogP contribution is -2.44. The molecule has 15 heavy (non-hydrogen) atoms. The molecule has 0 heterocycles. The summed E-state index contributed by atoms with van der Waals surface area (Å²) in [4.78, 5) is 0. The SMILES string of the molecule is CCCC(CC(C)C)C(OC)(OC)O[SiH3]. The number of hydrogen-bond acceptors (Lipinski definition) is 3. The van der Waals surface area contributed by atoms with E-state index in [0.717, 1.165) is 19.3 Å². The molecule has 0 saturated carbocycles. The highest BCUT2D eigenvalue weighted by Gasteiger charge is 2.38. The zero-order valence-corrected chi connectivity index (χ0v) is 13.0. The molecular formula is C11H26O3Si. The van der Waals surface area contributed by atoms with Gasteiger partial charge < -0.3 is 13.9 Å². The lowest BCUT2D eigenvalue weighted by Gasteiger charge is -2.37. The topological polar surface area (TPSA) is 27.7 Å². The first-order valence-electron chi connectivity index (χ1n) is 5.71. The molecule has 0 aromatic carbocycles. The first kappa shape index (κ1) is 15.1. The molecule has 0 radical (unpaired) electrons. The molecule has 0 aromatic rings. The summed E-state index contributed by atoms with van der Waals surface area (Å²) in [5, 5.41) is 0. The monoisotopic (exact) mass is 234 g/mol. The van der Waals surface area contributed by atoms with Crippen LogP contribution in [-0.2, 0) is 13.9 Å². The number of methoxy groups -OCH3 is 2. The van der Waals surface area contributed by atoms with E-state index in [-0.39, 0.29) is 0 Å². The van der Waals surface area contributed by atoms with Crippen LogP contribution in [0.2, 0.25) is 0 Å². The molecule has 0 aliphatic heterocycles. The standard InChI is InChI=1S/C11H26O3Si/c1-6-7-10(8-9(2)3)11(12-4,13-5)14-15/h9-10H,6-8H2,1-5,15H3. The maximum absolute atomic E-state index is 5.55. The van der Waals surface area contributed by atoms with Crippen LogP contribution in [0.5, 0.6) is 0 Å². The van der Waals surface area contributed by atoms with Crippen molar-refractivity contribution >= 4 is 10.5 Å². The third-order valence-electron chi connectivity index (χ3n) is 2.75. The van der Waals surface area contributed by atoms with Crippen LogP contribution in [0.15, 0.2) is 0 Å². The van der Waals surface area contributed by atoms with Crippen LogP contribution in [0.4, 0.5) is 0 Å². The van der Waals surface area contributed by atoms with E-state index in [9.17, 15) is 0 Å². The van der Waals surface area contributed by atoms with Crippen molar-refractivity contribution < 1.29 is 13.9 Å². The van der Waals surface area contributed by atoms with Crippen LogP contribution in [0, 0.1) is 11.8 Å². The van der Waals surface area contributed by atoms with Gasteiger partial charge in [-0.05, 0) is 18.8 Å². The predicted molar refractivity (Wildman–Crippen MR) is 65.6 cm³/mol. The van der Waals surface area contributed by atoms with Crippen LogP contribution in [-0.4, -0.2) is 30.7 Å². The summed E-state index contributed by atoms with van der Waals surface area (Å²) in [7, 11) is 3.94. The lowest BCUT2D eigenvalue weighted by atomic mass is 9.91. The maximum atomic E-state index is 5.55. The van der Waals surface area contributed by atoms with Crippen molar-refractivity contribution in [2.75, 3.05) is 14.2 Å². The van der Waals surface area contributed by atoms with Gasteiger partial charge in [-0.25, -0.2) is 0 Å². The van der Waals surface area contributed by atoms with Gasteiger partial charge in [0.1, 0.15) is 0 Å². The molecule has 0 aromatic heterocycles. The smallest absolute Gasteiger partial charge is 0.275 e. The molecule has 0 aliphatic carbocycles. The van der Waals surface area contributed by atoms with E-state index in [1.54, 1.807) is 14.2 Å². The highest BCUT2D eigenvalue weighted by Crippen LogP contribution is 2.32. The highest BCUT2D eigenvalue weighted by atomic mass is 28.2. The average Bonchev–Trinajstić information content (AvgIpc) is 2.21. The predicted octanol–water partition coefficient (Wildman–Crippen LogP) is 1.69. The van der Waals surface area contributed by atoms with Gasteiger partial charge in [0.05, 0.1) is 0 Å². The van der Waals surface area contributed by atoms with Crippen LogP contribution < -0.4 is 0 Å². The zero-order valence-electron chi connectivity index (χ0n) is 11.0. The van der Waals surface area contributed by atoms with Gasteiger partial charge in [-0.15, -0.1) is 0 Å². The molecule has 0 saturated heterocycles. The summed E-state index contributed by atoms with van der Waals surface area (Å²) in [5.74, 6) is 0.130. The Bertz CT molecular complexity index is 150. The quantitative estimate of drug-likeness (QED) is 0.472. The lowest BCUT2D eigenvalue weighted by molar-refractivity contribution is -0.353. The van der Waals surface area contributed by atoms with Gasteiger partial charge in [0.2, 0.25) is 0 Å². The Labute approximate surface area is 97.0 Å². The van der Waals surface area contributed by atoms with E-state index < -0.39 is 5.97 Å². The molecule has 0 rings (SSSR count). The van der Waals surface area contributed by atoms with Crippen LogP contribution in [0.3, 0.4) is 0 Å². The van der Waals surface area contributed by atoms with Crippen LogP contribution in [0.1, 0.15) is 40.0 Å². The fraction of sp³-hybridized carbons (Fsp3) is 1.00. The molecule has 0 N–H and O–H groups in total. The van der Waals surface area contributed by atoms with Crippen molar-refractivity contribution in [3.05, 3.63) is 0 Å². The Morgan fingerprint density at radius 2 is 1.73 bits per heavy atom. The molecule has 3 nitrogen and oxygen atoms in total. The molecule has 0 fully saturated rings. The highest BCUT2D eigenvalue weighted by molar-refractivity contribution is 5.98. The van der Waals surface area contributed by atoms with Crippen molar-refractivity contribution in [1.82, 2.24) is 0 Å². The minimum Gasteiger partial charge on any atom is -0.380 e. The number of rotatable bonds is 8. The third kappa shape index (κ3) is 4.22. The summed E-state index contributed by atoms with van der Waals surface area (Å²) < 4.78 is 16.4. The minimum absolute atomic E-state index is 0.315. The Kier molecular flexibility index (Phi) is 7.43. The van der Waals surface area contributed by atoms with E-state index in [2.05, 4.69) is 20.8 Å². The molecule has 0 bridgehead atoms. The first-order chi connectivity index (χ1) is 7.06. The molecule has 0 spiro atoms. The molecule has 0 aliphatic rings. The van der Waals surface area contributed by atoms with Gasteiger partial charge >= 0.3 is 0 Å². The summed E-state index contributed by atoms with van der Waals surface area (Å²) >= 11 is 0. The van der Waals surface area contributed by atoms with Crippen molar-refractivity contribution in [2.45, 2.75) is 46.0 Å². The number of ether oxygens (including phenoxy) is 2. The van der Waals surface area contributed by atoms with Crippen molar-refractivity contribution in [1.29, 1.82) is 0 Å². The van der Waals surface area contributed by atoms with E-state index in [4.69, 9.17) is 13.9 Å². The maximum Gasteiger partial charge on any atom is 0.275 e. The third-order valence-corrected chi connectivity index (χ3v) is 3.32. The fourth-order valence-electron chi connectivity index (χ4n) is 2.11. The van der Waals surface area contributed by atoms with Gasteiger partial charge in [0.15, 0.2) is 10.5 Å². The van der Waals surface area contributed by atoms with Crippen LogP contribution >= 0.6 is 0 Å². The molecular weight excluding hydrogens is 208 g/mol. The first-order valence-corrected chi connectivity index (χ1v) is 6.53. The van der Waals surface area contributed by atoms with E-state index in [1.165, 1.54) is 0 Å². The second-order valence-electron chi connectivity index (χ2n) is 4.33. The second kappa shape index (κ2) is 7.38. The van der Waals surface area contributed by atoms with E-state index in [1.807, 2.05) is 0 Å². The molecule has 0 amide bonds. The number of hydrogen-bond donors (Lipinski definition) is 0. The minimum atomic E-state index is -0.813. The molecule has 92 valence electrons. The zero-order chi connectivity index (χ0) is 11.9. The second-order valence-corrected chi connectivity index (χ2v) is 4.74. The van der Waals surface area contributed by atoms with E-state index >= 15 is 0 Å². The molecule has 1 unspecified atom stereocenters. The van der Waals surface area contributed by atoms with Gasteiger partial charge in [0.25, 0.3) is 5.97 Å². The Morgan fingerprint density at radius 3 is 2.00 bits per heavy atom. The Morgan fingerprint density at radius 1 is 1.20 bits per heavy atom. The van der Waals surface area contributed by atoms with Gasteiger partial charge in [-0.2, -0.15) is 0 Å². The summed E-state index contributed by atoms with van der Waals surface area (Å²) in [6.07, 6.45) is 3.26. The average molecular weight is 234 g/mol. The normalized spacial score (nSPS) is 14.8. The fourth-order valence-corrected chi connectivity index (χ4v) is 2.77. The van der Waals surface area contributed by atoms with Crippen molar-refractivity contribution in [2.24, 2.45) is 11.8 Å². The van der Waals surface area contributed by atoms with Gasteiger partial charge in [-0.1, -0.05) is 27.2 Å². The van der Waals surface area contributed by atoms with Crippen molar-refractivity contribution in [3.8, 4) is 0 Å². The Balaban J connectivity index is 4.65. The van der Waals surface area contributed by atoms with Gasteiger partial charge in [0, 0.05) is 20.1 Å². The Hall–Kier alpha value is 0.0969. The van der Waals surface area contributed by atoms with E-state index in [0.29, 0.717) is 22.3 Å². The summed E-state index contributed by atoms with van der Waals surface area (Å²) in [6.45, 7) is 6.61. The largest absolute Gasteiger partial charge is 0.380 e. The van der Waals surface area contributed by atoms with Crippen molar-refractivity contribution in [3.63, 3.8) is 0 Å².